The molecule has 2 rings (SSSR count). The Bertz CT molecular complexity index is 251. The maximum absolute atomic E-state index is 6.01. The highest BCUT2D eigenvalue weighted by Gasteiger charge is 2.15. The second-order valence-electron chi connectivity index (χ2n) is 2.94. The Labute approximate surface area is 71.2 Å². The predicted molar refractivity (Wildman–Crippen MR) is 45.8 cm³/mol. The topological polar surface area (TPSA) is 17.0 Å². The number of nitrogens with zero attached hydrogens (tertiary/aromatic N) is 1. The smallest absolute Gasteiger partial charge is 0.0618 e. The van der Waals surface area contributed by atoms with Crippen molar-refractivity contribution in [3.63, 3.8) is 0 Å². The monoisotopic (exact) mass is 170 g/mol. The SMILES string of the molecule is Cn1cc(Cl)c2c1CNCC2. The maximum atomic E-state index is 6.01. The van der Waals surface area contributed by atoms with Crippen LogP contribution in [-0.2, 0) is 20.0 Å². The summed E-state index contributed by atoms with van der Waals surface area (Å²) in [6, 6.07) is 0. The van der Waals surface area contributed by atoms with E-state index in [0.717, 1.165) is 24.5 Å². The summed E-state index contributed by atoms with van der Waals surface area (Å²) in [6.45, 7) is 2.01. The molecule has 0 fully saturated rings. The van der Waals surface area contributed by atoms with Crippen LogP contribution >= 0.6 is 11.6 Å². The third-order valence-electron chi connectivity index (χ3n) is 2.21. The standard InChI is InChI=1S/C8H11ClN2/c1-11-5-7(9)6-2-3-10-4-8(6)11/h5,10H,2-4H2,1H3. The zero-order valence-corrected chi connectivity index (χ0v) is 7.28. The molecule has 60 valence electrons. The van der Waals surface area contributed by atoms with Gasteiger partial charge in [-0.1, -0.05) is 11.6 Å². The molecule has 0 amide bonds. The van der Waals surface area contributed by atoms with E-state index < -0.39 is 0 Å². The van der Waals surface area contributed by atoms with E-state index in [9.17, 15) is 0 Å². The molecule has 2 nitrogen and oxygen atoms in total. The molecule has 0 atom stereocenters. The first-order valence-electron chi connectivity index (χ1n) is 3.82. The van der Waals surface area contributed by atoms with Gasteiger partial charge in [0.15, 0.2) is 0 Å². The molecule has 2 heterocycles. The average molecular weight is 171 g/mol. The number of halogens is 1. The van der Waals surface area contributed by atoms with Crippen LogP contribution in [0.5, 0.6) is 0 Å². The fourth-order valence-electron chi connectivity index (χ4n) is 1.59. The Morgan fingerprint density at radius 2 is 2.45 bits per heavy atom. The Kier molecular flexibility index (Phi) is 1.66. The van der Waals surface area contributed by atoms with Gasteiger partial charge < -0.3 is 9.88 Å². The lowest BCUT2D eigenvalue weighted by atomic mass is 10.1. The highest BCUT2D eigenvalue weighted by Crippen LogP contribution is 2.24. The molecule has 1 aliphatic heterocycles. The fraction of sp³-hybridized carbons (Fsp3) is 0.500. The molecule has 1 aromatic heterocycles. The van der Waals surface area contributed by atoms with Crippen LogP contribution in [-0.4, -0.2) is 11.1 Å². The minimum absolute atomic E-state index is 0.920. The molecule has 0 radical (unpaired) electrons. The highest BCUT2D eigenvalue weighted by molar-refractivity contribution is 6.31. The first-order valence-corrected chi connectivity index (χ1v) is 4.20. The number of hydrogen-bond donors (Lipinski definition) is 1. The average Bonchev–Trinajstić information content (AvgIpc) is 2.30. The maximum Gasteiger partial charge on any atom is 0.0618 e. The normalized spacial score (nSPS) is 16.5. The van der Waals surface area contributed by atoms with Crippen molar-refractivity contribution in [2.24, 2.45) is 7.05 Å². The molecule has 1 aromatic rings. The summed E-state index contributed by atoms with van der Waals surface area (Å²) in [5.74, 6) is 0. The lowest BCUT2D eigenvalue weighted by Crippen LogP contribution is -2.24. The van der Waals surface area contributed by atoms with Crippen molar-refractivity contribution < 1.29 is 0 Å². The number of fused-ring (bicyclic) bond motifs is 1. The summed E-state index contributed by atoms with van der Waals surface area (Å²) in [6.07, 6.45) is 3.05. The van der Waals surface area contributed by atoms with Crippen molar-refractivity contribution >= 4 is 11.6 Å². The van der Waals surface area contributed by atoms with Gasteiger partial charge in [0, 0.05) is 25.5 Å². The zero-order valence-electron chi connectivity index (χ0n) is 6.52. The molecule has 0 aliphatic carbocycles. The molecular formula is C8H11ClN2. The molecule has 0 saturated carbocycles. The number of aryl methyl sites for hydroxylation is 1. The molecule has 1 N–H and O–H groups in total. The Balaban J connectivity index is 2.52. The van der Waals surface area contributed by atoms with Crippen LogP contribution < -0.4 is 5.32 Å². The third-order valence-corrected chi connectivity index (χ3v) is 2.54. The van der Waals surface area contributed by atoms with Crippen molar-refractivity contribution in [1.82, 2.24) is 9.88 Å². The summed E-state index contributed by atoms with van der Waals surface area (Å²) in [5, 5.41) is 4.24. The molecule has 1 aliphatic rings. The number of nitrogens with one attached hydrogen (secondary N) is 1. The van der Waals surface area contributed by atoms with Crippen molar-refractivity contribution in [2.45, 2.75) is 13.0 Å². The summed E-state index contributed by atoms with van der Waals surface area (Å²) >= 11 is 6.01. The van der Waals surface area contributed by atoms with Crippen LogP contribution in [0.15, 0.2) is 6.20 Å². The molecule has 0 spiro atoms. The van der Waals surface area contributed by atoms with Gasteiger partial charge in [0.2, 0.25) is 0 Å². The van der Waals surface area contributed by atoms with Crippen molar-refractivity contribution in [3.05, 3.63) is 22.5 Å². The number of aromatic nitrogens is 1. The van der Waals surface area contributed by atoms with Gasteiger partial charge in [-0.25, -0.2) is 0 Å². The molecule has 3 heteroatoms. The van der Waals surface area contributed by atoms with Crippen LogP contribution in [0.4, 0.5) is 0 Å². The van der Waals surface area contributed by atoms with E-state index in [2.05, 4.69) is 9.88 Å². The third kappa shape index (κ3) is 1.06. The molecular weight excluding hydrogens is 160 g/mol. The Morgan fingerprint density at radius 3 is 3.18 bits per heavy atom. The predicted octanol–water partition coefficient (Wildman–Crippen LogP) is 1.32. The van der Waals surface area contributed by atoms with Gasteiger partial charge in [0.25, 0.3) is 0 Å². The van der Waals surface area contributed by atoms with Crippen LogP contribution in [0.3, 0.4) is 0 Å². The second-order valence-corrected chi connectivity index (χ2v) is 3.35. The highest BCUT2D eigenvalue weighted by atomic mass is 35.5. The van der Waals surface area contributed by atoms with E-state index in [1.807, 2.05) is 13.2 Å². The summed E-state index contributed by atoms with van der Waals surface area (Å²) < 4.78 is 2.10. The zero-order chi connectivity index (χ0) is 7.84. The van der Waals surface area contributed by atoms with E-state index >= 15 is 0 Å². The molecule has 11 heavy (non-hydrogen) atoms. The van der Waals surface area contributed by atoms with E-state index in [1.165, 1.54) is 11.3 Å². The molecule has 0 bridgehead atoms. The van der Waals surface area contributed by atoms with Gasteiger partial charge in [-0.3, -0.25) is 0 Å². The van der Waals surface area contributed by atoms with Crippen LogP contribution in [0.25, 0.3) is 0 Å². The summed E-state index contributed by atoms with van der Waals surface area (Å²) in [5.41, 5.74) is 2.66. The number of hydrogen-bond acceptors (Lipinski definition) is 1. The van der Waals surface area contributed by atoms with Gasteiger partial charge in [-0.15, -0.1) is 0 Å². The molecule has 0 saturated heterocycles. The van der Waals surface area contributed by atoms with Crippen molar-refractivity contribution in [1.29, 1.82) is 0 Å². The second kappa shape index (κ2) is 2.54. The first kappa shape index (κ1) is 7.19. The first-order chi connectivity index (χ1) is 5.29. The molecule has 0 unspecified atom stereocenters. The van der Waals surface area contributed by atoms with Crippen LogP contribution in [0.1, 0.15) is 11.3 Å². The summed E-state index contributed by atoms with van der Waals surface area (Å²) in [7, 11) is 2.04. The lowest BCUT2D eigenvalue weighted by molar-refractivity contribution is 0.610. The van der Waals surface area contributed by atoms with Gasteiger partial charge in [0.05, 0.1) is 5.02 Å². The lowest BCUT2D eigenvalue weighted by Gasteiger charge is -2.14. The Hall–Kier alpha value is -0.470. The van der Waals surface area contributed by atoms with E-state index in [4.69, 9.17) is 11.6 Å². The van der Waals surface area contributed by atoms with Crippen LogP contribution in [0, 0.1) is 0 Å². The Morgan fingerprint density at radius 1 is 1.64 bits per heavy atom. The van der Waals surface area contributed by atoms with Gasteiger partial charge >= 0.3 is 0 Å². The van der Waals surface area contributed by atoms with Gasteiger partial charge in [0.1, 0.15) is 0 Å². The minimum Gasteiger partial charge on any atom is -0.352 e. The fourth-order valence-corrected chi connectivity index (χ4v) is 1.94. The minimum atomic E-state index is 0.920. The van der Waals surface area contributed by atoms with E-state index in [1.54, 1.807) is 0 Å². The van der Waals surface area contributed by atoms with E-state index in [-0.39, 0.29) is 0 Å². The van der Waals surface area contributed by atoms with Crippen molar-refractivity contribution in [2.75, 3.05) is 6.54 Å². The van der Waals surface area contributed by atoms with E-state index in [0.29, 0.717) is 0 Å². The quantitative estimate of drug-likeness (QED) is 0.622. The van der Waals surface area contributed by atoms with Crippen LogP contribution in [0.2, 0.25) is 5.02 Å². The molecule has 0 aromatic carbocycles. The summed E-state index contributed by atoms with van der Waals surface area (Å²) in [4.78, 5) is 0. The van der Waals surface area contributed by atoms with Gasteiger partial charge in [-0.05, 0) is 18.5 Å². The van der Waals surface area contributed by atoms with Crippen molar-refractivity contribution in [3.8, 4) is 0 Å². The number of rotatable bonds is 0. The largest absolute Gasteiger partial charge is 0.352 e. The van der Waals surface area contributed by atoms with Gasteiger partial charge in [-0.2, -0.15) is 0 Å².